The van der Waals surface area contributed by atoms with E-state index in [0.717, 1.165) is 6.42 Å². The Hall–Kier alpha value is -0.610. The lowest BCUT2D eigenvalue weighted by molar-refractivity contribution is -0.151. The molecule has 17 heavy (non-hydrogen) atoms. The van der Waals surface area contributed by atoms with Gasteiger partial charge in [-0.15, -0.1) is 0 Å². The minimum Gasteiger partial charge on any atom is -0.460 e. The van der Waals surface area contributed by atoms with E-state index in [2.05, 4.69) is 0 Å². The van der Waals surface area contributed by atoms with Gasteiger partial charge in [-0.05, 0) is 34.1 Å². The number of esters is 1. The van der Waals surface area contributed by atoms with Crippen molar-refractivity contribution in [3.63, 3.8) is 0 Å². The standard InChI is InChI=1S/C13H26O4/c1-6-7-12(14)17-11(2)10-15-8-9-16-13(3,4)5/h11H,6-10H2,1-5H3. The molecule has 0 bridgehead atoms. The van der Waals surface area contributed by atoms with Crippen LogP contribution in [-0.2, 0) is 19.0 Å². The third kappa shape index (κ3) is 11.6. The lowest BCUT2D eigenvalue weighted by Gasteiger charge is -2.20. The molecule has 0 aliphatic rings. The Labute approximate surface area is 105 Å². The van der Waals surface area contributed by atoms with E-state index in [1.165, 1.54) is 0 Å². The summed E-state index contributed by atoms with van der Waals surface area (Å²) in [5, 5.41) is 0. The molecular weight excluding hydrogens is 220 g/mol. The minimum atomic E-state index is -0.191. The van der Waals surface area contributed by atoms with Crippen LogP contribution >= 0.6 is 0 Å². The van der Waals surface area contributed by atoms with Gasteiger partial charge in [-0.2, -0.15) is 0 Å². The molecule has 0 aliphatic carbocycles. The maximum Gasteiger partial charge on any atom is 0.306 e. The maximum atomic E-state index is 11.2. The van der Waals surface area contributed by atoms with Gasteiger partial charge in [0, 0.05) is 6.42 Å². The highest BCUT2D eigenvalue weighted by molar-refractivity contribution is 5.69. The topological polar surface area (TPSA) is 44.8 Å². The zero-order valence-corrected chi connectivity index (χ0v) is 11.7. The molecule has 0 saturated heterocycles. The SMILES string of the molecule is CCCC(=O)OC(C)COCCOC(C)(C)C. The number of ether oxygens (including phenoxy) is 3. The smallest absolute Gasteiger partial charge is 0.306 e. The molecule has 0 aromatic carbocycles. The molecule has 4 heteroatoms. The molecule has 0 radical (unpaired) electrons. The molecule has 0 N–H and O–H groups in total. The van der Waals surface area contributed by atoms with E-state index in [-0.39, 0.29) is 17.7 Å². The fourth-order valence-corrected chi connectivity index (χ4v) is 1.18. The van der Waals surface area contributed by atoms with Gasteiger partial charge in [0.25, 0.3) is 0 Å². The molecule has 0 aliphatic heterocycles. The first-order chi connectivity index (χ1) is 7.85. The van der Waals surface area contributed by atoms with Gasteiger partial charge in [-0.3, -0.25) is 4.79 Å². The van der Waals surface area contributed by atoms with Crippen LogP contribution in [0.5, 0.6) is 0 Å². The molecule has 1 atom stereocenters. The number of carbonyl (C=O) groups excluding carboxylic acids is 1. The molecule has 102 valence electrons. The first-order valence-electron chi connectivity index (χ1n) is 6.26. The second kappa shape index (κ2) is 8.48. The molecule has 0 amide bonds. The third-order valence-corrected chi connectivity index (χ3v) is 1.90. The van der Waals surface area contributed by atoms with Crippen molar-refractivity contribution in [1.29, 1.82) is 0 Å². The Morgan fingerprint density at radius 1 is 1.24 bits per heavy atom. The molecule has 0 aromatic rings. The highest BCUT2D eigenvalue weighted by Crippen LogP contribution is 2.05. The van der Waals surface area contributed by atoms with Crippen LogP contribution in [0.4, 0.5) is 0 Å². The highest BCUT2D eigenvalue weighted by atomic mass is 16.6. The lowest BCUT2D eigenvalue weighted by atomic mass is 10.2. The zero-order chi connectivity index (χ0) is 13.3. The Morgan fingerprint density at radius 3 is 2.41 bits per heavy atom. The van der Waals surface area contributed by atoms with E-state index in [9.17, 15) is 4.79 Å². The number of hydrogen-bond donors (Lipinski definition) is 0. The highest BCUT2D eigenvalue weighted by Gasteiger charge is 2.10. The summed E-state index contributed by atoms with van der Waals surface area (Å²) in [6, 6.07) is 0. The quantitative estimate of drug-likeness (QED) is 0.487. The summed E-state index contributed by atoms with van der Waals surface area (Å²) in [7, 11) is 0. The minimum absolute atomic E-state index is 0.136. The van der Waals surface area contributed by atoms with Crippen molar-refractivity contribution in [3.05, 3.63) is 0 Å². The molecule has 0 aromatic heterocycles. The van der Waals surface area contributed by atoms with Gasteiger partial charge in [0.1, 0.15) is 6.10 Å². The van der Waals surface area contributed by atoms with Gasteiger partial charge in [0.2, 0.25) is 0 Å². The van der Waals surface area contributed by atoms with Gasteiger partial charge in [-0.1, -0.05) is 6.92 Å². The predicted octanol–water partition coefficient (Wildman–Crippen LogP) is 2.55. The summed E-state index contributed by atoms with van der Waals surface area (Å²) < 4.78 is 16.0. The summed E-state index contributed by atoms with van der Waals surface area (Å²) in [4.78, 5) is 11.2. The predicted molar refractivity (Wildman–Crippen MR) is 67.0 cm³/mol. The Balaban J connectivity index is 3.45. The van der Waals surface area contributed by atoms with E-state index in [4.69, 9.17) is 14.2 Å². The van der Waals surface area contributed by atoms with Crippen LogP contribution in [0.25, 0.3) is 0 Å². The van der Waals surface area contributed by atoms with E-state index in [0.29, 0.717) is 26.2 Å². The van der Waals surface area contributed by atoms with Gasteiger partial charge >= 0.3 is 5.97 Å². The molecule has 4 nitrogen and oxygen atoms in total. The molecular formula is C13H26O4. The summed E-state index contributed by atoms with van der Waals surface area (Å²) >= 11 is 0. The van der Waals surface area contributed by atoms with Crippen LogP contribution in [0.2, 0.25) is 0 Å². The Bertz CT molecular complexity index is 208. The molecule has 1 unspecified atom stereocenters. The average Bonchev–Trinajstić information content (AvgIpc) is 2.15. The van der Waals surface area contributed by atoms with Crippen LogP contribution in [0.15, 0.2) is 0 Å². The van der Waals surface area contributed by atoms with E-state index >= 15 is 0 Å². The van der Waals surface area contributed by atoms with Crippen molar-refractivity contribution in [2.75, 3.05) is 19.8 Å². The van der Waals surface area contributed by atoms with Crippen molar-refractivity contribution >= 4 is 5.97 Å². The van der Waals surface area contributed by atoms with Gasteiger partial charge < -0.3 is 14.2 Å². The van der Waals surface area contributed by atoms with Crippen molar-refractivity contribution in [1.82, 2.24) is 0 Å². The van der Waals surface area contributed by atoms with Crippen molar-refractivity contribution in [2.24, 2.45) is 0 Å². The molecule has 0 rings (SSSR count). The number of rotatable bonds is 8. The summed E-state index contributed by atoms with van der Waals surface area (Å²) in [6.07, 6.45) is 1.09. The van der Waals surface area contributed by atoms with Crippen molar-refractivity contribution < 1.29 is 19.0 Å². The first kappa shape index (κ1) is 16.4. The molecule has 0 saturated carbocycles. The lowest BCUT2D eigenvalue weighted by Crippen LogP contribution is -2.24. The fourth-order valence-electron chi connectivity index (χ4n) is 1.18. The van der Waals surface area contributed by atoms with E-state index < -0.39 is 0 Å². The fraction of sp³-hybridized carbons (Fsp3) is 0.923. The summed E-state index contributed by atoms with van der Waals surface area (Å²) in [5.74, 6) is -0.158. The monoisotopic (exact) mass is 246 g/mol. The van der Waals surface area contributed by atoms with Crippen LogP contribution in [0.3, 0.4) is 0 Å². The van der Waals surface area contributed by atoms with Gasteiger partial charge in [-0.25, -0.2) is 0 Å². The average molecular weight is 246 g/mol. The van der Waals surface area contributed by atoms with Gasteiger partial charge in [0.05, 0.1) is 25.4 Å². The Morgan fingerprint density at radius 2 is 1.88 bits per heavy atom. The van der Waals surface area contributed by atoms with Crippen LogP contribution < -0.4 is 0 Å². The van der Waals surface area contributed by atoms with Crippen LogP contribution in [0.1, 0.15) is 47.5 Å². The maximum absolute atomic E-state index is 11.2. The van der Waals surface area contributed by atoms with E-state index in [1.54, 1.807) is 0 Å². The first-order valence-corrected chi connectivity index (χ1v) is 6.26. The third-order valence-electron chi connectivity index (χ3n) is 1.90. The van der Waals surface area contributed by atoms with Gasteiger partial charge in [0.15, 0.2) is 0 Å². The number of carbonyl (C=O) groups is 1. The van der Waals surface area contributed by atoms with Crippen LogP contribution in [-0.4, -0.2) is 37.5 Å². The van der Waals surface area contributed by atoms with Crippen molar-refractivity contribution in [2.45, 2.75) is 59.2 Å². The second-order valence-electron chi connectivity index (χ2n) is 5.09. The normalized spacial score (nSPS) is 13.5. The molecule has 0 spiro atoms. The van der Waals surface area contributed by atoms with E-state index in [1.807, 2.05) is 34.6 Å². The molecule has 0 heterocycles. The largest absolute Gasteiger partial charge is 0.460 e. The zero-order valence-electron chi connectivity index (χ0n) is 11.7. The molecule has 0 fully saturated rings. The van der Waals surface area contributed by atoms with Crippen LogP contribution in [0, 0.1) is 0 Å². The summed E-state index contributed by atoms with van der Waals surface area (Å²) in [6.45, 7) is 11.3. The Kier molecular flexibility index (Phi) is 8.17. The number of hydrogen-bond acceptors (Lipinski definition) is 4. The van der Waals surface area contributed by atoms with Crippen molar-refractivity contribution in [3.8, 4) is 0 Å². The second-order valence-corrected chi connectivity index (χ2v) is 5.09. The summed E-state index contributed by atoms with van der Waals surface area (Å²) in [5.41, 5.74) is -0.136.